The molecule has 2 aromatic heterocycles. The molecule has 5 heteroatoms. The standard InChI is InChI=1S/C13H16ClN3O/c1-3-17-12(6-10(2)16-17)9-18-13-5-4-11(7-14)15-8-13/h4-6,8H,3,7,9H2,1-2H3. The van der Waals surface area contributed by atoms with Gasteiger partial charge in [-0.1, -0.05) is 0 Å². The molecule has 0 saturated heterocycles. The second-order valence-corrected chi connectivity index (χ2v) is 4.27. The van der Waals surface area contributed by atoms with Gasteiger partial charge in [0.25, 0.3) is 0 Å². The molecule has 0 N–H and O–H groups in total. The Morgan fingerprint density at radius 2 is 2.22 bits per heavy atom. The predicted octanol–water partition coefficient (Wildman–Crippen LogP) is 2.92. The minimum Gasteiger partial charge on any atom is -0.486 e. The van der Waals surface area contributed by atoms with E-state index >= 15 is 0 Å². The van der Waals surface area contributed by atoms with Crippen LogP contribution in [0.25, 0.3) is 0 Å². The summed E-state index contributed by atoms with van der Waals surface area (Å²) in [5, 5.41) is 4.37. The van der Waals surface area contributed by atoms with Crippen LogP contribution in [-0.2, 0) is 19.0 Å². The molecular weight excluding hydrogens is 250 g/mol. The summed E-state index contributed by atoms with van der Waals surface area (Å²) in [6.07, 6.45) is 1.69. The Morgan fingerprint density at radius 1 is 1.39 bits per heavy atom. The van der Waals surface area contributed by atoms with E-state index in [1.807, 2.05) is 29.8 Å². The van der Waals surface area contributed by atoms with E-state index < -0.39 is 0 Å². The minimum atomic E-state index is 0.419. The van der Waals surface area contributed by atoms with Gasteiger partial charge in [0.1, 0.15) is 12.4 Å². The van der Waals surface area contributed by atoms with E-state index in [0.29, 0.717) is 12.5 Å². The van der Waals surface area contributed by atoms with Crippen molar-refractivity contribution in [1.29, 1.82) is 0 Å². The van der Waals surface area contributed by atoms with Gasteiger partial charge in [-0.25, -0.2) is 0 Å². The van der Waals surface area contributed by atoms with Gasteiger partial charge in [-0.2, -0.15) is 5.10 Å². The molecule has 0 radical (unpaired) electrons. The first-order valence-electron chi connectivity index (χ1n) is 5.90. The first kappa shape index (κ1) is 12.9. The zero-order valence-corrected chi connectivity index (χ0v) is 11.3. The van der Waals surface area contributed by atoms with Crippen LogP contribution in [0.1, 0.15) is 24.0 Å². The zero-order chi connectivity index (χ0) is 13.0. The lowest BCUT2D eigenvalue weighted by Gasteiger charge is -2.07. The first-order valence-corrected chi connectivity index (χ1v) is 6.43. The van der Waals surface area contributed by atoms with Crippen molar-refractivity contribution in [3.63, 3.8) is 0 Å². The molecule has 0 saturated carbocycles. The smallest absolute Gasteiger partial charge is 0.138 e. The maximum absolute atomic E-state index is 5.68. The summed E-state index contributed by atoms with van der Waals surface area (Å²) in [6, 6.07) is 5.78. The molecule has 0 unspecified atom stereocenters. The van der Waals surface area contributed by atoms with Gasteiger partial charge in [-0.05, 0) is 32.0 Å². The third kappa shape index (κ3) is 3.01. The van der Waals surface area contributed by atoms with Gasteiger partial charge in [-0.15, -0.1) is 11.6 Å². The van der Waals surface area contributed by atoms with Crippen molar-refractivity contribution in [3.8, 4) is 5.75 Å². The van der Waals surface area contributed by atoms with Crippen LogP contribution < -0.4 is 4.74 Å². The van der Waals surface area contributed by atoms with Gasteiger partial charge in [0.2, 0.25) is 0 Å². The lowest BCUT2D eigenvalue weighted by molar-refractivity contribution is 0.291. The molecule has 0 aromatic carbocycles. The third-order valence-electron chi connectivity index (χ3n) is 2.61. The number of rotatable bonds is 5. The Kier molecular flexibility index (Phi) is 4.20. The van der Waals surface area contributed by atoms with Crippen LogP contribution in [0.15, 0.2) is 24.4 Å². The molecule has 96 valence electrons. The van der Waals surface area contributed by atoms with Crippen LogP contribution in [0, 0.1) is 6.92 Å². The van der Waals surface area contributed by atoms with Gasteiger partial charge in [0, 0.05) is 6.54 Å². The molecule has 0 bridgehead atoms. The molecule has 2 rings (SSSR count). The SMILES string of the molecule is CCn1nc(C)cc1COc1ccc(CCl)nc1. The highest BCUT2D eigenvalue weighted by atomic mass is 35.5. The number of pyridine rings is 1. The average molecular weight is 266 g/mol. The number of halogens is 1. The largest absolute Gasteiger partial charge is 0.486 e. The highest BCUT2D eigenvalue weighted by Gasteiger charge is 2.05. The summed E-state index contributed by atoms with van der Waals surface area (Å²) in [4.78, 5) is 4.18. The fourth-order valence-electron chi connectivity index (χ4n) is 1.72. The molecule has 0 amide bonds. The lowest BCUT2D eigenvalue weighted by Crippen LogP contribution is -2.06. The minimum absolute atomic E-state index is 0.419. The van der Waals surface area contributed by atoms with Gasteiger partial charge in [-0.3, -0.25) is 9.67 Å². The van der Waals surface area contributed by atoms with Gasteiger partial charge < -0.3 is 4.74 Å². The second kappa shape index (κ2) is 5.87. The van der Waals surface area contributed by atoms with E-state index in [2.05, 4.69) is 17.0 Å². The van der Waals surface area contributed by atoms with E-state index in [1.165, 1.54) is 0 Å². The molecule has 2 aromatic rings. The molecule has 0 aliphatic carbocycles. The Bertz CT molecular complexity index is 507. The Morgan fingerprint density at radius 3 is 2.83 bits per heavy atom. The van der Waals surface area contributed by atoms with Crippen molar-refractivity contribution in [2.45, 2.75) is 32.9 Å². The second-order valence-electron chi connectivity index (χ2n) is 4.00. The summed E-state index contributed by atoms with van der Waals surface area (Å²) in [5.41, 5.74) is 2.92. The van der Waals surface area contributed by atoms with E-state index in [1.54, 1.807) is 6.20 Å². The fraction of sp³-hybridized carbons (Fsp3) is 0.385. The quantitative estimate of drug-likeness (QED) is 0.781. The van der Waals surface area contributed by atoms with E-state index in [-0.39, 0.29) is 0 Å². The number of ether oxygens (including phenoxy) is 1. The maximum atomic E-state index is 5.68. The van der Waals surface area contributed by atoms with Crippen molar-refractivity contribution in [1.82, 2.24) is 14.8 Å². The molecule has 18 heavy (non-hydrogen) atoms. The topological polar surface area (TPSA) is 39.9 Å². The average Bonchev–Trinajstić information content (AvgIpc) is 2.77. The van der Waals surface area contributed by atoms with Crippen molar-refractivity contribution < 1.29 is 4.74 Å². The highest BCUT2D eigenvalue weighted by Crippen LogP contribution is 2.13. The summed E-state index contributed by atoms with van der Waals surface area (Å²) in [5.74, 6) is 1.16. The molecule has 0 fully saturated rings. The van der Waals surface area contributed by atoms with E-state index in [9.17, 15) is 0 Å². The number of aryl methyl sites for hydroxylation is 2. The van der Waals surface area contributed by atoms with Gasteiger partial charge >= 0.3 is 0 Å². The molecule has 0 aliphatic heterocycles. The Labute approximate surface area is 112 Å². The van der Waals surface area contributed by atoms with Crippen molar-refractivity contribution in [3.05, 3.63) is 41.5 Å². The lowest BCUT2D eigenvalue weighted by atomic mass is 10.3. The van der Waals surface area contributed by atoms with Crippen molar-refractivity contribution in [2.24, 2.45) is 0 Å². The van der Waals surface area contributed by atoms with Crippen LogP contribution in [0.5, 0.6) is 5.75 Å². The van der Waals surface area contributed by atoms with E-state index in [4.69, 9.17) is 16.3 Å². The van der Waals surface area contributed by atoms with Crippen LogP contribution >= 0.6 is 11.6 Å². The number of hydrogen-bond acceptors (Lipinski definition) is 3. The maximum Gasteiger partial charge on any atom is 0.138 e. The first-order chi connectivity index (χ1) is 8.72. The molecular formula is C13H16ClN3O. The van der Waals surface area contributed by atoms with Gasteiger partial charge in [0.05, 0.1) is 29.2 Å². The normalized spacial score (nSPS) is 10.6. The number of alkyl halides is 1. The summed E-state index contributed by atoms with van der Waals surface area (Å²) in [7, 11) is 0. The van der Waals surface area contributed by atoms with Crippen LogP contribution in [0.3, 0.4) is 0 Å². The zero-order valence-electron chi connectivity index (χ0n) is 10.6. The predicted molar refractivity (Wildman–Crippen MR) is 70.8 cm³/mol. The number of nitrogens with zero attached hydrogens (tertiary/aromatic N) is 3. The van der Waals surface area contributed by atoms with Crippen LogP contribution in [-0.4, -0.2) is 14.8 Å². The number of hydrogen-bond donors (Lipinski definition) is 0. The monoisotopic (exact) mass is 265 g/mol. The van der Waals surface area contributed by atoms with E-state index in [0.717, 1.165) is 29.4 Å². The summed E-state index contributed by atoms with van der Waals surface area (Å²) in [6.45, 7) is 5.38. The third-order valence-corrected chi connectivity index (χ3v) is 2.88. The molecule has 0 spiro atoms. The molecule has 2 heterocycles. The molecule has 0 aliphatic rings. The fourth-order valence-corrected chi connectivity index (χ4v) is 1.88. The van der Waals surface area contributed by atoms with Crippen molar-refractivity contribution in [2.75, 3.05) is 0 Å². The summed E-state index contributed by atoms with van der Waals surface area (Å²) < 4.78 is 7.62. The van der Waals surface area contributed by atoms with Gasteiger partial charge in [0.15, 0.2) is 0 Å². The molecule has 0 atom stereocenters. The van der Waals surface area contributed by atoms with Crippen LogP contribution in [0.2, 0.25) is 0 Å². The number of aromatic nitrogens is 3. The highest BCUT2D eigenvalue weighted by molar-refractivity contribution is 6.16. The Hall–Kier alpha value is -1.55. The molecule has 4 nitrogen and oxygen atoms in total. The van der Waals surface area contributed by atoms with Crippen LogP contribution in [0.4, 0.5) is 0 Å². The Balaban J connectivity index is 2.01. The summed E-state index contributed by atoms with van der Waals surface area (Å²) >= 11 is 5.68. The van der Waals surface area contributed by atoms with Crippen molar-refractivity contribution >= 4 is 11.6 Å².